The normalized spacial score (nSPS) is 15.1. The zero-order chi connectivity index (χ0) is 13.8. The Hall–Kier alpha value is -1.11. The number of benzene rings is 1. The van der Waals surface area contributed by atoms with E-state index in [2.05, 4.69) is 0 Å². The third-order valence-electron chi connectivity index (χ3n) is 2.42. The fourth-order valence-electron chi connectivity index (χ4n) is 1.46. The Morgan fingerprint density at radius 2 is 1.83 bits per heavy atom. The molecule has 5 nitrogen and oxygen atoms in total. The van der Waals surface area contributed by atoms with Crippen molar-refractivity contribution >= 4 is 9.84 Å². The highest BCUT2D eigenvalue weighted by molar-refractivity contribution is 7.90. The summed E-state index contributed by atoms with van der Waals surface area (Å²) < 4.78 is 32.7. The van der Waals surface area contributed by atoms with Crippen LogP contribution in [0.3, 0.4) is 0 Å². The lowest BCUT2D eigenvalue weighted by molar-refractivity contribution is -0.0382. The molecule has 0 aliphatic rings. The van der Waals surface area contributed by atoms with Crippen LogP contribution in [0.25, 0.3) is 0 Å². The third kappa shape index (κ3) is 5.03. The van der Waals surface area contributed by atoms with Gasteiger partial charge in [-0.2, -0.15) is 0 Å². The first-order chi connectivity index (χ1) is 8.31. The van der Waals surface area contributed by atoms with Crippen LogP contribution in [0.5, 0.6) is 5.75 Å². The van der Waals surface area contributed by atoms with Gasteiger partial charge in [-0.05, 0) is 24.6 Å². The second-order valence-electron chi connectivity index (χ2n) is 4.19. The second-order valence-corrected chi connectivity index (χ2v) is 6.37. The van der Waals surface area contributed by atoms with Gasteiger partial charge in [0.05, 0.1) is 5.75 Å². The lowest BCUT2D eigenvalue weighted by Gasteiger charge is -2.14. The van der Waals surface area contributed by atoms with E-state index in [1.807, 2.05) is 0 Å². The van der Waals surface area contributed by atoms with Gasteiger partial charge in [0.1, 0.15) is 15.6 Å². The first-order valence-electron chi connectivity index (χ1n) is 5.54. The van der Waals surface area contributed by atoms with Crippen molar-refractivity contribution in [2.24, 2.45) is 5.73 Å². The molecule has 6 heteroatoms. The molecule has 0 fully saturated rings. The summed E-state index contributed by atoms with van der Waals surface area (Å²) >= 11 is 0. The monoisotopic (exact) mass is 273 g/mol. The Kier molecular flexibility index (Phi) is 5.13. The van der Waals surface area contributed by atoms with Crippen molar-refractivity contribution < 1.29 is 17.9 Å². The van der Waals surface area contributed by atoms with Crippen molar-refractivity contribution in [2.45, 2.75) is 19.3 Å². The molecule has 2 N–H and O–H groups in total. The molecule has 0 saturated carbocycles. The van der Waals surface area contributed by atoms with E-state index in [0.29, 0.717) is 5.75 Å². The van der Waals surface area contributed by atoms with E-state index in [9.17, 15) is 8.42 Å². The molecule has 1 aromatic carbocycles. The van der Waals surface area contributed by atoms with E-state index >= 15 is 0 Å². The highest BCUT2D eigenvalue weighted by Gasteiger charge is 2.13. The quantitative estimate of drug-likeness (QED) is 0.785. The van der Waals surface area contributed by atoms with Gasteiger partial charge in [0.25, 0.3) is 0 Å². The number of hydrogen-bond donors (Lipinski definition) is 1. The molecule has 18 heavy (non-hydrogen) atoms. The first kappa shape index (κ1) is 14.9. The maximum atomic E-state index is 11.1. The Morgan fingerprint density at radius 3 is 2.28 bits per heavy atom. The smallest absolute Gasteiger partial charge is 0.196 e. The van der Waals surface area contributed by atoms with Crippen LogP contribution >= 0.6 is 0 Å². The molecule has 2 atom stereocenters. The van der Waals surface area contributed by atoms with Crippen LogP contribution in [-0.4, -0.2) is 33.8 Å². The summed E-state index contributed by atoms with van der Waals surface area (Å²) in [4.78, 5) is 0. The predicted molar refractivity (Wildman–Crippen MR) is 70.2 cm³/mol. The van der Waals surface area contributed by atoms with E-state index in [1.54, 1.807) is 38.3 Å². The van der Waals surface area contributed by atoms with E-state index in [4.69, 9.17) is 15.2 Å². The van der Waals surface area contributed by atoms with Crippen molar-refractivity contribution in [3.8, 4) is 5.75 Å². The van der Waals surface area contributed by atoms with Gasteiger partial charge in [-0.1, -0.05) is 12.1 Å². The Balaban J connectivity index is 2.70. The first-order valence-corrected chi connectivity index (χ1v) is 7.60. The number of ether oxygens (including phenoxy) is 2. The van der Waals surface area contributed by atoms with Gasteiger partial charge in [-0.25, -0.2) is 8.42 Å². The number of nitrogens with two attached hydrogens (primary N) is 1. The molecular formula is C12H19NO4S. The Morgan fingerprint density at radius 1 is 1.28 bits per heavy atom. The molecule has 1 rings (SSSR count). The molecule has 0 radical (unpaired) electrons. The van der Waals surface area contributed by atoms with Crippen molar-refractivity contribution in [2.75, 3.05) is 19.1 Å². The van der Waals surface area contributed by atoms with Crippen molar-refractivity contribution in [3.63, 3.8) is 0 Å². The summed E-state index contributed by atoms with van der Waals surface area (Å²) in [6, 6.07) is 6.48. The van der Waals surface area contributed by atoms with Crippen LogP contribution in [0.4, 0.5) is 0 Å². The molecule has 0 amide bonds. The fourth-order valence-corrected chi connectivity index (χ4v) is 2.30. The molecule has 0 aromatic heterocycles. The van der Waals surface area contributed by atoms with Gasteiger partial charge in [-0.3, -0.25) is 0 Å². The Bertz CT molecular complexity index is 469. The minimum absolute atomic E-state index is 0.0678. The maximum absolute atomic E-state index is 11.1. The largest absolute Gasteiger partial charge is 0.465 e. The van der Waals surface area contributed by atoms with Crippen molar-refractivity contribution in [1.29, 1.82) is 0 Å². The van der Waals surface area contributed by atoms with Crippen LogP contribution < -0.4 is 10.5 Å². The fraction of sp³-hybridized carbons (Fsp3) is 0.500. The van der Waals surface area contributed by atoms with Crippen LogP contribution in [0.15, 0.2) is 24.3 Å². The summed E-state index contributed by atoms with van der Waals surface area (Å²) in [6.45, 7) is 1.78. The van der Waals surface area contributed by atoms with E-state index in [1.165, 1.54) is 6.26 Å². The van der Waals surface area contributed by atoms with Gasteiger partial charge in [0.2, 0.25) is 0 Å². The number of hydrogen-bond acceptors (Lipinski definition) is 5. The SMILES string of the molecule is COC(C)Oc1ccc(C(N)CS(C)(=O)=O)cc1. The molecule has 2 unspecified atom stereocenters. The van der Waals surface area contributed by atoms with Crippen molar-refractivity contribution in [3.05, 3.63) is 29.8 Å². The second kappa shape index (κ2) is 6.17. The maximum Gasteiger partial charge on any atom is 0.196 e. The van der Waals surface area contributed by atoms with Gasteiger partial charge in [-0.15, -0.1) is 0 Å². The van der Waals surface area contributed by atoms with Gasteiger partial charge in [0.15, 0.2) is 6.29 Å². The van der Waals surface area contributed by atoms with Crippen LogP contribution in [0, 0.1) is 0 Å². The molecule has 102 valence electrons. The van der Waals surface area contributed by atoms with E-state index in [-0.39, 0.29) is 12.0 Å². The van der Waals surface area contributed by atoms with Crippen LogP contribution in [0.2, 0.25) is 0 Å². The summed E-state index contributed by atoms with van der Waals surface area (Å²) in [5.74, 6) is 0.585. The molecule has 0 aliphatic heterocycles. The van der Waals surface area contributed by atoms with E-state index < -0.39 is 15.9 Å². The van der Waals surface area contributed by atoms with Crippen molar-refractivity contribution in [1.82, 2.24) is 0 Å². The zero-order valence-electron chi connectivity index (χ0n) is 10.8. The van der Waals surface area contributed by atoms with Gasteiger partial charge < -0.3 is 15.2 Å². The molecule has 0 spiro atoms. The molecule has 0 heterocycles. The average Bonchev–Trinajstić information content (AvgIpc) is 2.27. The summed E-state index contributed by atoms with van der Waals surface area (Å²) in [7, 11) is -1.52. The minimum atomic E-state index is -3.08. The van der Waals surface area contributed by atoms with Gasteiger partial charge >= 0.3 is 0 Å². The van der Waals surface area contributed by atoms with Crippen LogP contribution in [0.1, 0.15) is 18.5 Å². The predicted octanol–water partition coefficient (Wildman–Crippen LogP) is 1.10. The van der Waals surface area contributed by atoms with Crippen LogP contribution in [-0.2, 0) is 14.6 Å². The third-order valence-corrected chi connectivity index (χ3v) is 3.39. The summed E-state index contributed by atoms with van der Waals surface area (Å²) in [5.41, 5.74) is 6.58. The molecule has 0 saturated heterocycles. The van der Waals surface area contributed by atoms with E-state index in [0.717, 1.165) is 5.56 Å². The van der Waals surface area contributed by atoms with Gasteiger partial charge in [0, 0.05) is 19.4 Å². The molecule has 1 aromatic rings. The zero-order valence-corrected chi connectivity index (χ0v) is 11.6. The Labute approximate surface area is 108 Å². The lowest BCUT2D eigenvalue weighted by Crippen LogP contribution is -2.20. The highest BCUT2D eigenvalue weighted by atomic mass is 32.2. The standard InChI is InChI=1S/C12H19NO4S/c1-9(16-2)17-11-6-4-10(5-7-11)12(13)8-18(3,14)15/h4-7,9,12H,8,13H2,1-3H3. The molecule has 0 aliphatic carbocycles. The molecular weight excluding hydrogens is 254 g/mol. The number of rotatable bonds is 6. The topological polar surface area (TPSA) is 78.6 Å². The lowest BCUT2D eigenvalue weighted by atomic mass is 10.1. The summed E-state index contributed by atoms with van der Waals surface area (Å²) in [5, 5.41) is 0. The number of methoxy groups -OCH3 is 1. The summed E-state index contributed by atoms with van der Waals surface area (Å²) in [6.07, 6.45) is 0.838. The highest BCUT2D eigenvalue weighted by Crippen LogP contribution is 2.18. The number of sulfone groups is 1. The minimum Gasteiger partial charge on any atom is -0.465 e. The molecule has 0 bridgehead atoms. The average molecular weight is 273 g/mol.